The van der Waals surface area contributed by atoms with Crippen LogP contribution in [0.15, 0.2) is 48.9 Å². The van der Waals surface area contributed by atoms with E-state index in [0.717, 1.165) is 11.0 Å². The molecule has 6 heteroatoms. The number of benzene rings is 1. The second-order valence-electron chi connectivity index (χ2n) is 3.96. The van der Waals surface area contributed by atoms with E-state index in [9.17, 15) is 4.79 Å². The number of hydrogen-bond acceptors (Lipinski definition) is 3. The van der Waals surface area contributed by atoms with E-state index in [1.54, 1.807) is 29.3 Å². The molecule has 0 aliphatic carbocycles. The predicted octanol–water partition coefficient (Wildman–Crippen LogP) is 2.48. The fourth-order valence-corrected chi connectivity index (χ4v) is 2.05. The van der Waals surface area contributed by atoms with Crippen molar-refractivity contribution in [1.82, 2.24) is 14.6 Å². The minimum atomic E-state index is -0.273. The molecule has 1 amide bonds. The monoisotopic (exact) mass is 270 g/mol. The highest BCUT2D eigenvalue weighted by Crippen LogP contribution is 2.10. The lowest BCUT2D eigenvalue weighted by Crippen LogP contribution is -2.22. The van der Waals surface area contributed by atoms with Gasteiger partial charge in [-0.1, -0.05) is 24.4 Å². The molecule has 5 nitrogen and oxygen atoms in total. The van der Waals surface area contributed by atoms with E-state index in [-0.39, 0.29) is 5.91 Å². The zero-order valence-electron chi connectivity index (χ0n) is 9.83. The lowest BCUT2D eigenvalue weighted by Gasteiger charge is -2.06. The average Bonchev–Trinajstić information content (AvgIpc) is 2.83. The Labute approximate surface area is 113 Å². The molecule has 3 aromatic rings. The molecule has 0 spiro atoms. The summed E-state index contributed by atoms with van der Waals surface area (Å²) in [7, 11) is 0. The van der Waals surface area contributed by atoms with E-state index in [1.165, 1.54) is 0 Å². The van der Waals surface area contributed by atoms with E-state index >= 15 is 0 Å². The molecule has 19 heavy (non-hydrogen) atoms. The number of aromatic nitrogens is 3. The molecule has 0 saturated heterocycles. The van der Waals surface area contributed by atoms with Crippen molar-refractivity contribution in [3.8, 4) is 0 Å². The third-order valence-corrected chi connectivity index (χ3v) is 3.08. The summed E-state index contributed by atoms with van der Waals surface area (Å²) in [6.45, 7) is 0. The summed E-state index contributed by atoms with van der Waals surface area (Å²) >= 11 is 5.08. The number of nitrogens with one attached hydrogen (secondary N) is 2. The molecule has 0 radical (unpaired) electrons. The number of H-pyrrole nitrogens is 1. The van der Waals surface area contributed by atoms with Crippen molar-refractivity contribution in [3.63, 3.8) is 0 Å². The van der Waals surface area contributed by atoms with Gasteiger partial charge in [0.1, 0.15) is 11.0 Å². The number of carbonyl (C=O) groups is 1. The Balaban J connectivity index is 1.96. The van der Waals surface area contributed by atoms with Crippen LogP contribution in [-0.4, -0.2) is 20.6 Å². The first-order chi connectivity index (χ1) is 9.25. The van der Waals surface area contributed by atoms with Crippen LogP contribution >= 0.6 is 12.2 Å². The third-order valence-electron chi connectivity index (χ3n) is 2.74. The van der Waals surface area contributed by atoms with Gasteiger partial charge in [-0.3, -0.25) is 10.2 Å². The Bertz CT molecular complexity index is 805. The quantitative estimate of drug-likeness (QED) is 0.703. The van der Waals surface area contributed by atoms with E-state index in [2.05, 4.69) is 15.4 Å². The Morgan fingerprint density at radius 2 is 2.11 bits per heavy atom. The molecule has 94 valence electrons. The normalized spacial score (nSPS) is 10.5. The number of imidazole rings is 1. The van der Waals surface area contributed by atoms with Gasteiger partial charge in [0.25, 0.3) is 5.91 Å². The van der Waals surface area contributed by atoms with Gasteiger partial charge in [0.2, 0.25) is 0 Å². The van der Waals surface area contributed by atoms with Crippen molar-refractivity contribution >= 4 is 29.2 Å². The van der Waals surface area contributed by atoms with Crippen molar-refractivity contribution < 1.29 is 4.79 Å². The van der Waals surface area contributed by atoms with Gasteiger partial charge in [0.15, 0.2) is 0 Å². The molecule has 1 aromatic carbocycles. The second-order valence-corrected chi connectivity index (χ2v) is 4.37. The van der Waals surface area contributed by atoms with E-state index in [0.29, 0.717) is 10.2 Å². The van der Waals surface area contributed by atoms with Gasteiger partial charge >= 0.3 is 0 Å². The predicted molar refractivity (Wildman–Crippen MR) is 75.1 cm³/mol. The molecule has 0 aliphatic rings. The Morgan fingerprint density at radius 1 is 1.26 bits per heavy atom. The maximum absolute atomic E-state index is 12.1. The number of hydrogen-bond donors (Lipinski definition) is 2. The molecule has 0 bridgehead atoms. The van der Waals surface area contributed by atoms with Gasteiger partial charge in [-0.05, 0) is 24.3 Å². The van der Waals surface area contributed by atoms with Crippen LogP contribution in [0.4, 0.5) is 0 Å². The molecule has 0 atom stereocenters. The number of amides is 1. The first kappa shape index (κ1) is 11.6. The van der Waals surface area contributed by atoms with Crippen LogP contribution in [0.2, 0.25) is 0 Å². The van der Waals surface area contributed by atoms with Crippen LogP contribution in [0.3, 0.4) is 0 Å². The Hall–Kier alpha value is -2.47. The summed E-state index contributed by atoms with van der Waals surface area (Å²) in [5.41, 5.74) is 4.83. The fraction of sp³-hybridized carbons (Fsp3) is 0. The topological polar surface area (TPSA) is 62.7 Å². The van der Waals surface area contributed by atoms with Crippen LogP contribution < -0.4 is 5.43 Å². The molecule has 0 fully saturated rings. The van der Waals surface area contributed by atoms with Crippen molar-refractivity contribution in [2.24, 2.45) is 0 Å². The summed E-state index contributed by atoms with van der Waals surface area (Å²) in [5, 5.41) is 0. The number of pyridine rings is 1. The highest BCUT2D eigenvalue weighted by atomic mass is 32.1. The van der Waals surface area contributed by atoms with E-state index in [4.69, 9.17) is 12.2 Å². The zero-order valence-corrected chi connectivity index (χ0v) is 10.6. The van der Waals surface area contributed by atoms with Crippen LogP contribution in [0.25, 0.3) is 11.0 Å². The van der Waals surface area contributed by atoms with Crippen molar-refractivity contribution in [2.75, 3.05) is 5.43 Å². The zero-order chi connectivity index (χ0) is 13.2. The van der Waals surface area contributed by atoms with Crippen molar-refractivity contribution in [3.05, 3.63) is 59.1 Å². The molecule has 2 N–H and O–H groups in total. The minimum absolute atomic E-state index is 0.273. The summed E-state index contributed by atoms with van der Waals surface area (Å²) in [6.07, 6.45) is 3.25. The summed E-state index contributed by atoms with van der Waals surface area (Å²) < 4.78 is 1.99. The smallest absolute Gasteiger partial charge is 0.273 e. The van der Waals surface area contributed by atoms with Gasteiger partial charge in [-0.2, -0.15) is 0 Å². The van der Waals surface area contributed by atoms with Crippen molar-refractivity contribution in [2.45, 2.75) is 0 Å². The van der Waals surface area contributed by atoms with Crippen LogP contribution in [-0.2, 0) is 0 Å². The van der Waals surface area contributed by atoms with E-state index in [1.807, 2.05) is 24.3 Å². The summed E-state index contributed by atoms with van der Waals surface area (Å²) in [6, 6.07) is 11.0. The molecular weight excluding hydrogens is 260 g/mol. The number of rotatable bonds is 2. The maximum Gasteiger partial charge on any atom is 0.273 e. The average molecular weight is 270 g/mol. The lowest BCUT2D eigenvalue weighted by atomic mass is 10.3. The van der Waals surface area contributed by atoms with Crippen LogP contribution in [0.1, 0.15) is 10.4 Å². The number of aromatic amines is 1. The molecule has 3 rings (SSSR count). The maximum atomic E-state index is 12.1. The number of nitrogens with zero attached hydrogens (tertiary/aromatic N) is 2. The Morgan fingerprint density at radius 3 is 2.95 bits per heavy atom. The van der Waals surface area contributed by atoms with Gasteiger partial charge in [0.05, 0.1) is 16.6 Å². The summed E-state index contributed by atoms with van der Waals surface area (Å²) in [4.78, 5) is 19.2. The molecule has 0 aliphatic heterocycles. The van der Waals surface area contributed by atoms with Gasteiger partial charge < -0.3 is 4.98 Å². The minimum Gasteiger partial charge on any atom is -0.352 e. The number of fused-ring (bicyclic) bond motifs is 1. The lowest BCUT2D eigenvalue weighted by molar-refractivity contribution is 0.101. The molecule has 2 heterocycles. The SMILES string of the molecule is O=C(Nn1cnc2ccccc21)c1ccc[nH]c1=S. The highest BCUT2D eigenvalue weighted by molar-refractivity contribution is 7.71. The molecule has 2 aromatic heterocycles. The first-order valence-corrected chi connectivity index (χ1v) is 6.08. The standard InChI is InChI=1S/C13H10N4OS/c18-12(9-4-3-7-14-13(9)19)16-17-8-15-10-5-1-2-6-11(10)17/h1-8H,(H,14,19)(H,16,18). The van der Waals surface area contributed by atoms with Gasteiger partial charge in [-0.15, -0.1) is 0 Å². The van der Waals surface area contributed by atoms with Crippen LogP contribution in [0, 0.1) is 4.64 Å². The molecular formula is C13H10N4OS. The van der Waals surface area contributed by atoms with Gasteiger partial charge in [0, 0.05) is 6.20 Å². The summed E-state index contributed by atoms with van der Waals surface area (Å²) in [5.74, 6) is -0.273. The molecule has 0 unspecified atom stereocenters. The highest BCUT2D eigenvalue weighted by Gasteiger charge is 2.09. The van der Waals surface area contributed by atoms with E-state index < -0.39 is 0 Å². The third kappa shape index (κ3) is 2.13. The number of carbonyl (C=O) groups excluding carboxylic acids is 1. The fourth-order valence-electron chi connectivity index (χ4n) is 1.82. The molecule has 0 saturated carbocycles. The largest absolute Gasteiger partial charge is 0.352 e. The van der Waals surface area contributed by atoms with Crippen molar-refractivity contribution in [1.29, 1.82) is 0 Å². The Kier molecular flexibility index (Phi) is 2.85. The second kappa shape index (κ2) is 4.66. The number of para-hydroxylation sites is 2. The van der Waals surface area contributed by atoms with Gasteiger partial charge in [-0.25, -0.2) is 9.66 Å². The van der Waals surface area contributed by atoms with Crippen LogP contribution in [0.5, 0.6) is 0 Å². The first-order valence-electron chi connectivity index (χ1n) is 5.67.